The molecule has 6 heteroatoms. The molecule has 1 fully saturated rings. The van der Waals surface area contributed by atoms with Crippen molar-refractivity contribution >= 4 is 21.6 Å². The summed E-state index contributed by atoms with van der Waals surface area (Å²) in [7, 11) is -3.17. The van der Waals surface area contributed by atoms with Crippen LogP contribution in [0.1, 0.15) is 39.0 Å². The van der Waals surface area contributed by atoms with Crippen LogP contribution < -0.4 is 0 Å². The minimum Gasteiger partial charge on any atom is -0.390 e. The summed E-state index contributed by atoms with van der Waals surface area (Å²) in [5.41, 5.74) is -0.722. The van der Waals surface area contributed by atoms with Gasteiger partial charge in [0, 0.05) is 19.0 Å². The summed E-state index contributed by atoms with van der Waals surface area (Å²) in [6.45, 7) is 2.73. The summed E-state index contributed by atoms with van der Waals surface area (Å²) in [5, 5.41) is 9.91. The monoisotopic (exact) mass is 283 g/mol. The maximum Gasteiger partial charge on any atom is 0.214 e. The van der Waals surface area contributed by atoms with Crippen LogP contribution in [0.15, 0.2) is 0 Å². The molecule has 0 radical (unpaired) electrons. The van der Waals surface area contributed by atoms with Crippen LogP contribution in [0, 0.1) is 0 Å². The zero-order valence-corrected chi connectivity index (χ0v) is 11.9. The van der Waals surface area contributed by atoms with Crippen molar-refractivity contribution in [2.75, 3.05) is 24.7 Å². The molecule has 0 spiro atoms. The second-order valence-corrected chi connectivity index (χ2v) is 7.43. The summed E-state index contributed by atoms with van der Waals surface area (Å²) >= 11 is 5.54. The van der Waals surface area contributed by atoms with E-state index >= 15 is 0 Å². The van der Waals surface area contributed by atoms with Crippen molar-refractivity contribution < 1.29 is 13.5 Å². The average molecular weight is 284 g/mol. The molecular formula is C11H22ClNO3S. The molecule has 1 aliphatic heterocycles. The molecule has 1 rings (SSSR count). The van der Waals surface area contributed by atoms with Gasteiger partial charge in [0.2, 0.25) is 10.0 Å². The molecule has 0 amide bonds. The van der Waals surface area contributed by atoms with Crippen LogP contribution >= 0.6 is 11.6 Å². The van der Waals surface area contributed by atoms with E-state index in [0.29, 0.717) is 38.2 Å². The molecule has 1 aliphatic rings. The molecule has 1 unspecified atom stereocenters. The molecule has 0 aromatic rings. The molecule has 0 aromatic carbocycles. The van der Waals surface area contributed by atoms with Gasteiger partial charge in [0.05, 0.1) is 11.4 Å². The second kappa shape index (κ2) is 6.36. The summed E-state index contributed by atoms with van der Waals surface area (Å²) in [6.07, 6.45) is 3.25. The molecule has 0 saturated carbocycles. The molecular weight excluding hydrogens is 262 g/mol. The van der Waals surface area contributed by atoms with Crippen LogP contribution in [0.3, 0.4) is 0 Å². The Labute approximate surface area is 109 Å². The highest BCUT2D eigenvalue weighted by atomic mass is 35.5. The molecule has 1 heterocycles. The van der Waals surface area contributed by atoms with Crippen molar-refractivity contribution in [2.24, 2.45) is 0 Å². The summed E-state index contributed by atoms with van der Waals surface area (Å²) in [4.78, 5) is 0. The minimum atomic E-state index is -3.17. The Morgan fingerprint density at radius 3 is 2.65 bits per heavy atom. The zero-order chi connectivity index (χ0) is 12.9. The molecule has 0 aliphatic carbocycles. The number of rotatable bonds is 5. The van der Waals surface area contributed by atoms with Gasteiger partial charge in [-0.3, -0.25) is 0 Å². The predicted molar refractivity (Wildman–Crippen MR) is 69.8 cm³/mol. The van der Waals surface area contributed by atoms with Crippen molar-refractivity contribution in [1.29, 1.82) is 0 Å². The van der Waals surface area contributed by atoms with E-state index in [2.05, 4.69) is 0 Å². The Morgan fingerprint density at radius 2 is 2.00 bits per heavy atom. The van der Waals surface area contributed by atoms with Crippen molar-refractivity contribution in [3.63, 3.8) is 0 Å². The lowest BCUT2D eigenvalue weighted by Crippen LogP contribution is -2.35. The van der Waals surface area contributed by atoms with E-state index < -0.39 is 15.6 Å². The van der Waals surface area contributed by atoms with Gasteiger partial charge in [-0.15, -0.1) is 11.6 Å². The number of hydrogen-bond acceptors (Lipinski definition) is 3. The Morgan fingerprint density at radius 1 is 1.29 bits per heavy atom. The molecule has 0 aromatic heterocycles. The fraction of sp³-hybridized carbons (Fsp3) is 1.00. The molecule has 1 N–H and O–H groups in total. The lowest BCUT2D eigenvalue weighted by Gasteiger charge is -2.22. The lowest BCUT2D eigenvalue weighted by atomic mass is 9.98. The van der Waals surface area contributed by atoms with Gasteiger partial charge in [-0.2, -0.15) is 0 Å². The fourth-order valence-electron chi connectivity index (χ4n) is 2.02. The summed E-state index contributed by atoms with van der Waals surface area (Å²) in [5.74, 6) is 0.673. The number of halogens is 1. The van der Waals surface area contributed by atoms with Crippen LogP contribution in [0.25, 0.3) is 0 Å². The molecule has 102 valence electrons. The minimum absolute atomic E-state index is 0.169. The number of sulfonamides is 1. The summed E-state index contributed by atoms with van der Waals surface area (Å²) < 4.78 is 25.6. The van der Waals surface area contributed by atoms with Gasteiger partial charge in [0.15, 0.2) is 0 Å². The number of unbranched alkanes of at least 4 members (excludes halogenated alkanes) is 1. The van der Waals surface area contributed by atoms with Crippen LogP contribution in [-0.2, 0) is 10.0 Å². The first kappa shape index (κ1) is 15.2. The third kappa shape index (κ3) is 5.12. The third-order valence-corrected chi connectivity index (χ3v) is 5.43. The first-order valence-electron chi connectivity index (χ1n) is 6.14. The fourth-order valence-corrected chi connectivity index (χ4v) is 3.82. The van der Waals surface area contributed by atoms with E-state index in [-0.39, 0.29) is 5.75 Å². The van der Waals surface area contributed by atoms with Crippen LogP contribution in [0.2, 0.25) is 0 Å². The Kier molecular flexibility index (Phi) is 5.70. The van der Waals surface area contributed by atoms with E-state index in [4.69, 9.17) is 11.6 Å². The molecule has 17 heavy (non-hydrogen) atoms. The highest BCUT2D eigenvalue weighted by Crippen LogP contribution is 2.23. The van der Waals surface area contributed by atoms with Gasteiger partial charge in [0.1, 0.15) is 0 Å². The standard InChI is InChI=1S/C11H22ClNO3S/c1-11(14)5-4-8-13(9-6-11)17(15,16)10-3-2-7-12/h14H,2-10H2,1H3. The summed E-state index contributed by atoms with van der Waals surface area (Å²) in [6, 6.07) is 0. The van der Waals surface area contributed by atoms with Crippen LogP contribution in [0.4, 0.5) is 0 Å². The van der Waals surface area contributed by atoms with Gasteiger partial charge in [-0.05, 0) is 39.0 Å². The zero-order valence-electron chi connectivity index (χ0n) is 10.4. The maximum absolute atomic E-state index is 12.0. The van der Waals surface area contributed by atoms with Gasteiger partial charge < -0.3 is 5.11 Å². The van der Waals surface area contributed by atoms with Crippen molar-refractivity contribution in [1.82, 2.24) is 4.31 Å². The second-order valence-electron chi connectivity index (χ2n) is 4.96. The SMILES string of the molecule is CC1(O)CCCN(S(=O)(=O)CCCCCl)CC1. The Balaban J connectivity index is 2.54. The lowest BCUT2D eigenvalue weighted by molar-refractivity contribution is 0.0465. The quantitative estimate of drug-likeness (QED) is 0.615. The van der Waals surface area contributed by atoms with Crippen molar-refractivity contribution in [3.05, 3.63) is 0 Å². The predicted octanol–water partition coefficient (Wildman–Crippen LogP) is 1.57. The van der Waals surface area contributed by atoms with E-state index in [1.54, 1.807) is 6.92 Å². The molecule has 1 saturated heterocycles. The van der Waals surface area contributed by atoms with E-state index in [0.717, 1.165) is 12.8 Å². The maximum atomic E-state index is 12.0. The van der Waals surface area contributed by atoms with Gasteiger partial charge >= 0.3 is 0 Å². The smallest absolute Gasteiger partial charge is 0.214 e. The molecule has 4 nitrogen and oxygen atoms in total. The number of alkyl halides is 1. The molecule has 0 bridgehead atoms. The number of hydrogen-bond donors (Lipinski definition) is 1. The van der Waals surface area contributed by atoms with Gasteiger partial charge in [-0.25, -0.2) is 12.7 Å². The van der Waals surface area contributed by atoms with E-state index in [1.165, 1.54) is 4.31 Å². The Bertz CT molecular complexity index is 330. The third-order valence-electron chi connectivity index (χ3n) is 3.20. The number of nitrogens with zero attached hydrogens (tertiary/aromatic N) is 1. The van der Waals surface area contributed by atoms with Gasteiger partial charge in [-0.1, -0.05) is 0 Å². The van der Waals surface area contributed by atoms with Crippen molar-refractivity contribution in [2.45, 2.75) is 44.6 Å². The first-order chi connectivity index (χ1) is 7.87. The average Bonchev–Trinajstić information content (AvgIpc) is 2.40. The first-order valence-corrected chi connectivity index (χ1v) is 8.28. The molecule has 1 atom stereocenters. The topological polar surface area (TPSA) is 57.6 Å². The van der Waals surface area contributed by atoms with E-state index in [9.17, 15) is 13.5 Å². The highest BCUT2D eigenvalue weighted by molar-refractivity contribution is 7.89. The highest BCUT2D eigenvalue weighted by Gasteiger charge is 2.30. The largest absolute Gasteiger partial charge is 0.390 e. The van der Waals surface area contributed by atoms with Crippen molar-refractivity contribution in [3.8, 4) is 0 Å². The van der Waals surface area contributed by atoms with Crippen LogP contribution in [-0.4, -0.2) is 48.2 Å². The number of aliphatic hydroxyl groups is 1. The van der Waals surface area contributed by atoms with Gasteiger partial charge in [0.25, 0.3) is 0 Å². The van der Waals surface area contributed by atoms with Crippen LogP contribution in [0.5, 0.6) is 0 Å². The normalized spacial score (nSPS) is 27.9. The Hall–Kier alpha value is 0.160. The van der Waals surface area contributed by atoms with E-state index in [1.807, 2.05) is 0 Å².